The molecule has 10 nitrogen and oxygen atoms in total. The summed E-state index contributed by atoms with van der Waals surface area (Å²) >= 11 is 0. The van der Waals surface area contributed by atoms with E-state index in [1.807, 2.05) is 0 Å². The summed E-state index contributed by atoms with van der Waals surface area (Å²) in [6, 6.07) is 0. The van der Waals surface area contributed by atoms with Crippen molar-refractivity contribution in [1.29, 1.82) is 0 Å². The summed E-state index contributed by atoms with van der Waals surface area (Å²) in [5.41, 5.74) is 0. The molecule has 0 saturated heterocycles. The van der Waals surface area contributed by atoms with Gasteiger partial charge in [0.1, 0.15) is 0 Å². The molecule has 2 aliphatic carbocycles. The van der Waals surface area contributed by atoms with Crippen LogP contribution in [0.3, 0.4) is 0 Å². The Labute approximate surface area is 227 Å². The summed E-state index contributed by atoms with van der Waals surface area (Å²) < 4.78 is 20.8. The van der Waals surface area contributed by atoms with Crippen LogP contribution < -0.4 is 10.6 Å². The number of rotatable bonds is 16. The molecule has 38 heavy (non-hydrogen) atoms. The molecule has 2 fully saturated rings. The first-order valence-corrected chi connectivity index (χ1v) is 14.6. The molecule has 0 aliphatic heterocycles. The smallest absolute Gasteiger partial charge is 0.410 e. The van der Waals surface area contributed by atoms with Gasteiger partial charge in [-0.15, -0.1) is 0 Å². The quantitative estimate of drug-likeness (QED) is 0.162. The van der Waals surface area contributed by atoms with Gasteiger partial charge in [0.2, 0.25) is 12.6 Å². The predicted octanol–water partition coefficient (Wildman–Crippen LogP) is 4.73. The second kappa shape index (κ2) is 18.8. The van der Waals surface area contributed by atoms with Crippen molar-refractivity contribution in [2.24, 2.45) is 11.8 Å². The molecule has 0 aromatic heterocycles. The van der Waals surface area contributed by atoms with Crippen molar-refractivity contribution in [3.05, 3.63) is 0 Å². The topological polar surface area (TPSA) is 129 Å². The fraction of sp³-hybridized carbons (Fsp3) is 0.857. The van der Waals surface area contributed by atoms with Gasteiger partial charge in [0, 0.05) is 26.8 Å². The van der Waals surface area contributed by atoms with E-state index in [1.165, 1.54) is 0 Å². The lowest BCUT2D eigenvalue weighted by atomic mass is 9.89. The molecule has 0 spiro atoms. The highest BCUT2D eigenvalue weighted by Crippen LogP contribution is 2.26. The van der Waals surface area contributed by atoms with E-state index in [0.717, 1.165) is 90.0 Å². The van der Waals surface area contributed by atoms with Crippen LogP contribution in [0.5, 0.6) is 0 Å². The van der Waals surface area contributed by atoms with Gasteiger partial charge in [-0.2, -0.15) is 0 Å². The van der Waals surface area contributed by atoms with Gasteiger partial charge in [-0.25, -0.2) is 4.79 Å². The van der Waals surface area contributed by atoms with Gasteiger partial charge < -0.3 is 29.6 Å². The molecule has 2 aliphatic rings. The average molecular weight is 541 g/mol. The van der Waals surface area contributed by atoms with Gasteiger partial charge in [0.25, 0.3) is 0 Å². The highest BCUT2D eigenvalue weighted by atomic mass is 16.7. The van der Waals surface area contributed by atoms with Crippen molar-refractivity contribution in [1.82, 2.24) is 10.6 Å². The van der Waals surface area contributed by atoms with Gasteiger partial charge in [-0.1, -0.05) is 44.9 Å². The Balaban J connectivity index is 1.38. The molecular weight excluding hydrogens is 492 g/mol. The third-order valence-electron chi connectivity index (χ3n) is 7.05. The summed E-state index contributed by atoms with van der Waals surface area (Å²) in [5, 5.41) is 5.97. The molecule has 2 atom stereocenters. The van der Waals surface area contributed by atoms with Crippen LogP contribution in [0.25, 0.3) is 0 Å². The number of hydrogen-bond donors (Lipinski definition) is 2. The van der Waals surface area contributed by atoms with Crippen molar-refractivity contribution in [2.45, 2.75) is 123 Å². The number of ether oxygens (including phenoxy) is 4. The van der Waals surface area contributed by atoms with Crippen LogP contribution in [0.1, 0.15) is 110 Å². The third-order valence-corrected chi connectivity index (χ3v) is 7.05. The number of alkyl carbamates (subject to hydrolysis) is 1. The first-order valence-electron chi connectivity index (χ1n) is 14.6. The number of amides is 1. The van der Waals surface area contributed by atoms with Gasteiger partial charge >= 0.3 is 24.0 Å². The van der Waals surface area contributed by atoms with Gasteiger partial charge in [0.15, 0.2) is 0 Å². The predicted molar refractivity (Wildman–Crippen MR) is 141 cm³/mol. The number of nitrogens with one attached hydrogen (secondary N) is 2. The Hall–Kier alpha value is -2.36. The molecule has 0 heterocycles. The van der Waals surface area contributed by atoms with Gasteiger partial charge in [-0.05, 0) is 58.0 Å². The van der Waals surface area contributed by atoms with E-state index >= 15 is 0 Å². The van der Waals surface area contributed by atoms with E-state index in [2.05, 4.69) is 10.6 Å². The minimum Gasteiger partial charge on any atom is -0.425 e. The standard InChI is InChI=1S/C28H48N2O8/c1-21(36-26(32)23-13-6-3-7-14-23)35-25(31)17-12-19-29-18-10-5-11-20-30-28(34)38-22(2)37-27(33)24-15-8-4-9-16-24/h21-24,29H,3-20H2,1-2H3,(H,30,34). The van der Waals surface area contributed by atoms with Crippen LogP contribution in [0.4, 0.5) is 4.79 Å². The number of esters is 3. The van der Waals surface area contributed by atoms with Crippen molar-refractivity contribution in [3.63, 3.8) is 0 Å². The maximum absolute atomic E-state index is 12.1. The normalized spacial score (nSPS) is 18.2. The second-order valence-corrected chi connectivity index (χ2v) is 10.4. The Morgan fingerprint density at radius 1 is 0.632 bits per heavy atom. The minimum absolute atomic E-state index is 0.0651. The summed E-state index contributed by atoms with van der Waals surface area (Å²) in [4.78, 5) is 48.0. The average Bonchev–Trinajstić information content (AvgIpc) is 2.90. The third kappa shape index (κ3) is 14.0. The Morgan fingerprint density at radius 2 is 1.13 bits per heavy atom. The molecule has 0 aromatic rings. The number of carbonyl (C=O) groups excluding carboxylic acids is 4. The zero-order valence-corrected chi connectivity index (χ0v) is 23.3. The minimum atomic E-state index is -0.898. The van der Waals surface area contributed by atoms with Crippen LogP contribution in [0.15, 0.2) is 0 Å². The zero-order chi connectivity index (χ0) is 27.6. The van der Waals surface area contributed by atoms with Gasteiger partial charge in [-0.3, -0.25) is 14.4 Å². The summed E-state index contributed by atoms with van der Waals surface area (Å²) in [5.74, 6) is -1.05. The number of carbonyl (C=O) groups is 4. The summed E-state index contributed by atoms with van der Waals surface area (Å²) in [7, 11) is 0. The van der Waals surface area contributed by atoms with Crippen molar-refractivity contribution >= 4 is 24.0 Å². The Morgan fingerprint density at radius 3 is 1.71 bits per heavy atom. The monoisotopic (exact) mass is 540 g/mol. The van der Waals surface area contributed by atoms with Crippen LogP contribution in [-0.4, -0.2) is 56.2 Å². The molecule has 2 unspecified atom stereocenters. The molecule has 1 amide bonds. The van der Waals surface area contributed by atoms with Gasteiger partial charge in [0.05, 0.1) is 11.8 Å². The van der Waals surface area contributed by atoms with E-state index in [4.69, 9.17) is 18.9 Å². The highest BCUT2D eigenvalue weighted by molar-refractivity contribution is 5.74. The van der Waals surface area contributed by atoms with Crippen molar-refractivity contribution < 1.29 is 38.1 Å². The molecule has 2 N–H and O–H groups in total. The SMILES string of the molecule is CC(OC(=O)CCCNCCCCCNC(=O)OC(C)OC(=O)C1CCCCC1)OC(=O)C1CCCCC1. The number of unbranched alkanes of at least 4 members (excludes halogenated alkanes) is 2. The number of hydrogen-bond acceptors (Lipinski definition) is 9. The van der Waals surface area contributed by atoms with Crippen LogP contribution in [-0.2, 0) is 33.3 Å². The van der Waals surface area contributed by atoms with E-state index in [-0.39, 0.29) is 36.2 Å². The first-order chi connectivity index (χ1) is 18.3. The molecule has 218 valence electrons. The molecular formula is C28H48N2O8. The first kappa shape index (κ1) is 31.9. The molecule has 0 aromatic carbocycles. The van der Waals surface area contributed by atoms with E-state index < -0.39 is 18.7 Å². The summed E-state index contributed by atoms with van der Waals surface area (Å²) in [6.45, 7) is 5.12. The lowest BCUT2D eigenvalue weighted by molar-refractivity contribution is -0.188. The van der Waals surface area contributed by atoms with E-state index in [0.29, 0.717) is 19.5 Å². The molecule has 2 saturated carbocycles. The fourth-order valence-electron chi connectivity index (χ4n) is 4.91. The second-order valence-electron chi connectivity index (χ2n) is 10.4. The lowest BCUT2D eigenvalue weighted by Crippen LogP contribution is -2.32. The Kier molecular flexibility index (Phi) is 15.8. The highest BCUT2D eigenvalue weighted by Gasteiger charge is 2.26. The molecule has 10 heteroatoms. The van der Waals surface area contributed by atoms with E-state index in [9.17, 15) is 19.2 Å². The molecule has 0 bridgehead atoms. The maximum Gasteiger partial charge on any atom is 0.410 e. The molecule has 2 rings (SSSR count). The van der Waals surface area contributed by atoms with Crippen LogP contribution in [0.2, 0.25) is 0 Å². The van der Waals surface area contributed by atoms with Crippen LogP contribution >= 0.6 is 0 Å². The van der Waals surface area contributed by atoms with Crippen molar-refractivity contribution in [3.8, 4) is 0 Å². The molecule has 0 radical (unpaired) electrons. The largest absolute Gasteiger partial charge is 0.425 e. The van der Waals surface area contributed by atoms with Crippen molar-refractivity contribution in [2.75, 3.05) is 19.6 Å². The Bertz CT molecular complexity index is 660. The maximum atomic E-state index is 12.1. The fourth-order valence-corrected chi connectivity index (χ4v) is 4.91. The lowest BCUT2D eigenvalue weighted by Gasteiger charge is -2.22. The van der Waals surface area contributed by atoms with E-state index in [1.54, 1.807) is 13.8 Å². The zero-order valence-electron chi connectivity index (χ0n) is 23.3. The van der Waals surface area contributed by atoms with Crippen LogP contribution in [0, 0.1) is 11.8 Å². The summed E-state index contributed by atoms with van der Waals surface area (Å²) in [6.07, 6.45) is 11.1.